The molecule has 0 radical (unpaired) electrons. The summed E-state index contributed by atoms with van der Waals surface area (Å²) in [5.41, 5.74) is 6.05. The second-order valence-electron chi connectivity index (χ2n) is 11.1. The van der Waals surface area contributed by atoms with E-state index in [1.54, 1.807) is 18.3 Å². The highest BCUT2D eigenvalue weighted by Crippen LogP contribution is 2.45. The molecule has 1 N–H and O–H groups in total. The Morgan fingerprint density at radius 1 is 1.10 bits per heavy atom. The first-order valence-electron chi connectivity index (χ1n) is 13.4. The molecule has 42 heavy (non-hydrogen) atoms. The van der Waals surface area contributed by atoms with E-state index in [4.69, 9.17) is 26.3 Å². The zero-order valence-electron chi connectivity index (χ0n) is 23.8. The van der Waals surface area contributed by atoms with Crippen LogP contribution in [0.5, 0.6) is 5.75 Å². The lowest BCUT2D eigenvalue weighted by atomic mass is 9.92. The summed E-state index contributed by atoms with van der Waals surface area (Å²) in [7, 11) is 1.91. The fourth-order valence-electron chi connectivity index (χ4n) is 5.06. The molecule has 0 bridgehead atoms. The molecule has 212 valence electrons. The summed E-state index contributed by atoms with van der Waals surface area (Å²) in [5, 5.41) is 16.4. The van der Waals surface area contributed by atoms with Crippen molar-refractivity contribution in [1.82, 2.24) is 24.7 Å². The lowest BCUT2D eigenvalue weighted by Crippen LogP contribution is -2.23. The number of carbonyl (C=O) groups is 1. The maximum atomic E-state index is 12.0. The van der Waals surface area contributed by atoms with E-state index < -0.39 is 11.6 Å². The molecule has 0 aliphatic rings. The summed E-state index contributed by atoms with van der Waals surface area (Å²) in [6.45, 7) is 7.79. The molecule has 10 heteroatoms. The van der Waals surface area contributed by atoms with Crippen molar-refractivity contribution in [3.8, 4) is 39.0 Å². The van der Waals surface area contributed by atoms with Crippen molar-refractivity contribution in [2.24, 2.45) is 7.05 Å². The van der Waals surface area contributed by atoms with Gasteiger partial charge in [-0.1, -0.05) is 17.7 Å². The SMILES string of the molecule is Cc1cc2nc(-c3nccc(-c4ccc5c(cnn5C)c4)n3)sc2c(-c2ccc(Cl)cc2OC(C)(C)C)c1CC(=O)O. The number of halogens is 1. The van der Waals surface area contributed by atoms with Crippen molar-refractivity contribution in [3.05, 3.63) is 77.1 Å². The van der Waals surface area contributed by atoms with Gasteiger partial charge in [0, 0.05) is 40.3 Å². The zero-order chi connectivity index (χ0) is 29.8. The molecule has 0 saturated heterocycles. The summed E-state index contributed by atoms with van der Waals surface area (Å²) >= 11 is 7.82. The van der Waals surface area contributed by atoms with E-state index in [-0.39, 0.29) is 6.42 Å². The first-order valence-corrected chi connectivity index (χ1v) is 14.6. The van der Waals surface area contributed by atoms with Crippen LogP contribution in [0, 0.1) is 6.92 Å². The van der Waals surface area contributed by atoms with Crippen molar-refractivity contribution < 1.29 is 14.6 Å². The Morgan fingerprint density at radius 2 is 1.90 bits per heavy atom. The standard InChI is InChI=1S/C32H28ClN5O3S/c1-17-12-24-29(28(22(17)15-27(39)40)21-8-7-20(33)14-26(21)41-32(2,3)4)42-31(37-24)30-34-11-10-23(36-30)18-6-9-25-19(13-18)16-35-38(25)5/h6-14,16H,15H2,1-5H3,(H,39,40). The lowest BCUT2D eigenvalue weighted by Gasteiger charge is -2.24. The van der Waals surface area contributed by atoms with Crippen LogP contribution in [0.3, 0.4) is 0 Å². The monoisotopic (exact) mass is 597 g/mol. The van der Waals surface area contributed by atoms with Crippen LogP contribution < -0.4 is 4.74 Å². The molecule has 0 saturated carbocycles. The average molecular weight is 598 g/mol. The number of rotatable bonds is 6. The molecule has 0 fully saturated rings. The van der Waals surface area contributed by atoms with Crippen LogP contribution in [-0.4, -0.2) is 41.4 Å². The Bertz CT molecular complexity index is 2010. The summed E-state index contributed by atoms with van der Waals surface area (Å²) in [6.07, 6.45) is 3.42. The Hall–Kier alpha value is -4.34. The first-order chi connectivity index (χ1) is 20.0. The molecular weight excluding hydrogens is 570 g/mol. The van der Waals surface area contributed by atoms with Crippen LogP contribution in [0.25, 0.3) is 54.3 Å². The Morgan fingerprint density at radius 3 is 2.67 bits per heavy atom. The van der Waals surface area contributed by atoms with E-state index in [2.05, 4.69) is 16.1 Å². The van der Waals surface area contributed by atoms with E-state index in [9.17, 15) is 9.90 Å². The molecule has 0 aliphatic heterocycles. The van der Waals surface area contributed by atoms with Gasteiger partial charge in [-0.25, -0.2) is 15.0 Å². The highest BCUT2D eigenvalue weighted by molar-refractivity contribution is 7.22. The van der Waals surface area contributed by atoms with Crippen LogP contribution >= 0.6 is 22.9 Å². The van der Waals surface area contributed by atoms with Gasteiger partial charge in [0.25, 0.3) is 0 Å². The van der Waals surface area contributed by atoms with Gasteiger partial charge in [-0.2, -0.15) is 5.10 Å². The number of benzene rings is 3. The number of aryl methyl sites for hydroxylation is 2. The number of fused-ring (bicyclic) bond motifs is 2. The molecule has 0 spiro atoms. The van der Waals surface area contributed by atoms with Crippen LogP contribution in [-0.2, 0) is 18.3 Å². The number of nitrogens with zero attached hydrogens (tertiary/aromatic N) is 5. The predicted octanol–water partition coefficient (Wildman–Crippen LogP) is 7.74. The number of aliphatic carboxylic acids is 1. The number of ether oxygens (including phenoxy) is 1. The van der Waals surface area contributed by atoms with Gasteiger partial charge in [0.15, 0.2) is 10.8 Å². The predicted molar refractivity (Wildman–Crippen MR) is 167 cm³/mol. The van der Waals surface area contributed by atoms with Gasteiger partial charge in [0.2, 0.25) is 0 Å². The third-order valence-corrected chi connectivity index (χ3v) is 8.18. The van der Waals surface area contributed by atoms with Crippen molar-refractivity contribution >= 4 is 50.0 Å². The molecule has 6 rings (SSSR count). The number of aromatic nitrogens is 5. The van der Waals surface area contributed by atoms with E-state index >= 15 is 0 Å². The molecule has 3 aromatic carbocycles. The molecule has 3 heterocycles. The number of carboxylic acid groups (broad SMARTS) is 1. The average Bonchev–Trinajstić information content (AvgIpc) is 3.52. The minimum Gasteiger partial charge on any atom is -0.487 e. The van der Waals surface area contributed by atoms with Gasteiger partial charge >= 0.3 is 5.97 Å². The molecule has 0 amide bonds. The van der Waals surface area contributed by atoms with Gasteiger partial charge in [-0.05, 0) is 81.3 Å². The van der Waals surface area contributed by atoms with E-state index in [1.165, 1.54) is 11.3 Å². The minimum absolute atomic E-state index is 0.148. The van der Waals surface area contributed by atoms with Crippen molar-refractivity contribution in [1.29, 1.82) is 0 Å². The molecule has 6 aromatic rings. The van der Waals surface area contributed by atoms with Crippen molar-refractivity contribution in [2.45, 2.75) is 39.7 Å². The fourth-order valence-corrected chi connectivity index (χ4v) is 6.29. The molecule has 0 aliphatic carbocycles. The van der Waals surface area contributed by atoms with Gasteiger partial charge < -0.3 is 9.84 Å². The molecule has 0 atom stereocenters. The summed E-state index contributed by atoms with van der Waals surface area (Å²) in [6, 6.07) is 15.4. The zero-order valence-corrected chi connectivity index (χ0v) is 25.3. The van der Waals surface area contributed by atoms with Gasteiger partial charge in [-0.15, -0.1) is 11.3 Å². The Kier molecular flexibility index (Phi) is 6.95. The van der Waals surface area contributed by atoms with Crippen LogP contribution in [0.2, 0.25) is 5.02 Å². The number of thiazole rings is 1. The highest BCUT2D eigenvalue weighted by atomic mass is 35.5. The summed E-state index contributed by atoms with van der Waals surface area (Å²) in [5.74, 6) is 0.149. The largest absolute Gasteiger partial charge is 0.487 e. The fraction of sp³-hybridized carbons (Fsp3) is 0.219. The molecule has 3 aromatic heterocycles. The number of hydrogen-bond donors (Lipinski definition) is 1. The highest BCUT2D eigenvalue weighted by Gasteiger charge is 2.24. The quantitative estimate of drug-likeness (QED) is 0.209. The van der Waals surface area contributed by atoms with Crippen molar-refractivity contribution in [3.63, 3.8) is 0 Å². The summed E-state index contributed by atoms with van der Waals surface area (Å²) in [4.78, 5) is 26.3. The maximum absolute atomic E-state index is 12.0. The number of hydrogen-bond acceptors (Lipinski definition) is 7. The topological polar surface area (TPSA) is 103 Å². The minimum atomic E-state index is -0.919. The van der Waals surface area contributed by atoms with E-state index in [1.807, 2.05) is 76.0 Å². The van der Waals surface area contributed by atoms with E-state index in [0.29, 0.717) is 27.2 Å². The second-order valence-corrected chi connectivity index (χ2v) is 12.6. The Labute approximate surface area is 251 Å². The lowest BCUT2D eigenvalue weighted by molar-refractivity contribution is -0.136. The van der Waals surface area contributed by atoms with Crippen LogP contribution in [0.15, 0.2) is 60.9 Å². The molecule has 0 unspecified atom stereocenters. The maximum Gasteiger partial charge on any atom is 0.307 e. The summed E-state index contributed by atoms with van der Waals surface area (Å²) < 4.78 is 8.99. The first kappa shape index (κ1) is 27.8. The molecule has 8 nitrogen and oxygen atoms in total. The molecular formula is C32H28ClN5O3S. The Balaban J connectivity index is 1.53. The van der Waals surface area contributed by atoms with Gasteiger partial charge in [0.05, 0.1) is 34.0 Å². The normalized spacial score (nSPS) is 11.9. The van der Waals surface area contributed by atoms with E-state index in [0.717, 1.165) is 49.1 Å². The number of carboxylic acids is 1. The van der Waals surface area contributed by atoms with Crippen LogP contribution in [0.1, 0.15) is 31.9 Å². The third-order valence-electron chi connectivity index (χ3n) is 6.86. The van der Waals surface area contributed by atoms with Crippen molar-refractivity contribution in [2.75, 3.05) is 0 Å². The third kappa shape index (κ3) is 5.33. The van der Waals surface area contributed by atoms with Gasteiger partial charge in [0.1, 0.15) is 11.4 Å². The van der Waals surface area contributed by atoms with Crippen LogP contribution in [0.4, 0.5) is 0 Å². The van der Waals surface area contributed by atoms with Gasteiger partial charge in [-0.3, -0.25) is 9.48 Å². The second kappa shape index (κ2) is 10.5. The smallest absolute Gasteiger partial charge is 0.307 e.